The van der Waals surface area contributed by atoms with Crippen LogP contribution in [-0.4, -0.2) is 53.0 Å². The van der Waals surface area contributed by atoms with E-state index in [1.807, 2.05) is 64.4 Å². The summed E-state index contributed by atoms with van der Waals surface area (Å²) in [5.74, 6) is 1.77. The van der Waals surface area contributed by atoms with Crippen LogP contribution in [0.1, 0.15) is 51.0 Å². The second-order valence-corrected chi connectivity index (χ2v) is 10.1. The highest BCUT2D eigenvalue weighted by molar-refractivity contribution is 6.06. The lowest BCUT2D eigenvalue weighted by Gasteiger charge is -2.47. The number of hydrogen-bond acceptors (Lipinski definition) is 6. The molecule has 204 valence electrons. The summed E-state index contributed by atoms with van der Waals surface area (Å²) in [6.45, 7) is 3.23. The number of para-hydroxylation sites is 1. The molecule has 5 rings (SSSR count). The predicted molar refractivity (Wildman–Crippen MR) is 153 cm³/mol. The number of piperidine rings is 1. The summed E-state index contributed by atoms with van der Waals surface area (Å²) >= 11 is 0. The van der Waals surface area contributed by atoms with Crippen molar-refractivity contribution < 1.29 is 14.3 Å². The summed E-state index contributed by atoms with van der Waals surface area (Å²) in [4.78, 5) is 41.4. The number of nitrogens with one attached hydrogen (secondary N) is 1. The van der Waals surface area contributed by atoms with Crippen LogP contribution in [0, 0.1) is 0 Å². The molecule has 2 aliphatic rings. The van der Waals surface area contributed by atoms with E-state index in [2.05, 4.69) is 17.2 Å². The molecule has 2 unspecified atom stereocenters. The molecule has 3 heterocycles. The Bertz CT molecular complexity index is 1270. The monoisotopic (exact) mass is 528 g/mol. The Balaban J connectivity index is 1.55. The average molecular weight is 529 g/mol. The van der Waals surface area contributed by atoms with Gasteiger partial charge in [-0.2, -0.15) is 4.98 Å². The van der Waals surface area contributed by atoms with Crippen molar-refractivity contribution in [3.05, 3.63) is 66.4 Å². The number of unbranched alkanes of at least 4 members (excludes halogenated alkanes) is 2. The van der Waals surface area contributed by atoms with Gasteiger partial charge < -0.3 is 15.0 Å². The molecule has 1 saturated heterocycles. The number of likely N-dealkylation sites (tertiary alicyclic amines) is 1. The van der Waals surface area contributed by atoms with E-state index in [4.69, 9.17) is 9.72 Å². The van der Waals surface area contributed by atoms with Crippen molar-refractivity contribution in [2.75, 3.05) is 28.8 Å². The van der Waals surface area contributed by atoms with E-state index in [-0.39, 0.29) is 18.1 Å². The predicted octanol–water partition coefficient (Wildman–Crippen LogP) is 5.75. The Morgan fingerprint density at radius 1 is 1.10 bits per heavy atom. The number of hydrogen-bond donors (Lipinski definition) is 1. The quantitative estimate of drug-likeness (QED) is 0.266. The number of carbonyl (C=O) groups is 2. The van der Waals surface area contributed by atoms with Crippen molar-refractivity contribution in [1.82, 2.24) is 14.9 Å². The zero-order chi connectivity index (χ0) is 27.2. The van der Waals surface area contributed by atoms with Crippen molar-refractivity contribution in [2.24, 2.45) is 0 Å². The summed E-state index contributed by atoms with van der Waals surface area (Å²) < 4.78 is 5.32. The third-order valence-corrected chi connectivity index (χ3v) is 7.61. The number of anilines is 4. The SMILES string of the molecule is CCCCCC1C(N2C(=O)N(c3ccc(OC)cc3)Cc3cnc(Nc4ccccc4)nc32)CCCN1C=O. The lowest BCUT2D eigenvalue weighted by Crippen LogP contribution is -2.61. The molecule has 1 fully saturated rings. The lowest BCUT2D eigenvalue weighted by molar-refractivity contribution is -0.122. The molecule has 39 heavy (non-hydrogen) atoms. The molecular formula is C30H36N6O3. The third-order valence-electron chi connectivity index (χ3n) is 7.61. The fourth-order valence-electron chi connectivity index (χ4n) is 5.61. The molecule has 9 nitrogen and oxygen atoms in total. The molecule has 0 bridgehead atoms. The number of urea groups is 1. The van der Waals surface area contributed by atoms with Crippen molar-refractivity contribution in [3.8, 4) is 5.75 Å². The zero-order valence-electron chi connectivity index (χ0n) is 22.6. The van der Waals surface area contributed by atoms with Crippen molar-refractivity contribution in [2.45, 2.75) is 64.1 Å². The van der Waals surface area contributed by atoms with Crippen LogP contribution in [0.15, 0.2) is 60.8 Å². The first kappa shape index (κ1) is 26.5. The Labute approximate surface area is 229 Å². The van der Waals surface area contributed by atoms with E-state index in [9.17, 15) is 9.59 Å². The number of carbonyl (C=O) groups excluding carboxylic acids is 2. The highest BCUT2D eigenvalue weighted by atomic mass is 16.5. The Kier molecular flexibility index (Phi) is 8.24. The summed E-state index contributed by atoms with van der Waals surface area (Å²) in [5, 5.41) is 3.27. The highest BCUT2D eigenvalue weighted by Crippen LogP contribution is 2.37. The Hall–Kier alpha value is -4.14. The van der Waals surface area contributed by atoms with Crippen molar-refractivity contribution in [1.29, 1.82) is 0 Å². The number of methoxy groups -OCH3 is 1. The molecule has 3 aromatic rings. The molecule has 2 aromatic carbocycles. The smallest absolute Gasteiger partial charge is 0.330 e. The standard InChI is InChI=1S/C30H36N6O3/c1-3-4-6-12-26-27(13-9-18-34(26)21-37)36-28-22(19-31-29(33-28)32-23-10-7-5-8-11-23)20-35(30(36)38)24-14-16-25(39-2)17-15-24/h5,7-8,10-11,14-17,19,21,26-27H,3-4,6,9,12-13,18,20H2,1-2H3,(H,31,32,33). The molecule has 2 aliphatic heterocycles. The molecule has 2 atom stereocenters. The molecule has 1 N–H and O–H groups in total. The van der Waals surface area contributed by atoms with Gasteiger partial charge in [0.2, 0.25) is 12.4 Å². The maximum absolute atomic E-state index is 14.3. The van der Waals surface area contributed by atoms with Gasteiger partial charge in [0.05, 0.1) is 25.7 Å². The molecule has 0 radical (unpaired) electrons. The Morgan fingerprint density at radius 3 is 2.62 bits per heavy atom. The van der Waals surface area contributed by atoms with Gasteiger partial charge in [-0.3, -0.25) is 14.6 Å². The normalized spacial score (nSPS) is 19.0. The first-order valence-corrected chi connectivity index (χ1v) is 13.8. The van der Waals surface area contributed by atoms with Crippen LogP contribution in [-0.2, 0) is 11.3 Å². The zero-order valence-corrected chi connectivity index (χ0v) is 22.6. The largest absolute Gasteiger partial charge is 0.497 e. The van der Waals surface area contributed by atoms with Gasteiger partial charge in [0.15, 0.2) is 0 Å². The molecular weight excluding hydrogens is 492 g/mol. The summed E-state index contributed by atoms with van der Waals surface area (Å²) in [6, 6.07) is 16.8. The summed E-state index contributed by atoms with van der Waals surface area (Å²) in [7, 11) is 1.62. The fraction of sp³-hybridized carbons (Fsp3) is 0.400. The van der Waals surface area contributed by atoms with Crippen molar-refractivity contribution in [3.63, 3.8) is 0 Å². The van der Waals surface area contributed by atoms with Crippen LogP contribution in [0.5, 0.6) is 5.75 Å². The maximum atomic E-state index is 14.3. The molecule has 1 aromatic heterocycles. The highest BCUT2D eigenvalue weighted by Gasteiger charge is 2.43. The molecule has 9 heteroatoms. The average Bonchev–Trinajstić information content (AvgIpc) is 2.98. The topological polar surface area (TPSA) is 90.9 Å². The van der Waals surface area contributed by atoms with E-state index in [0.717, 1.165) is 67.6 Å². The van der Waals surface area contributed by atoms with Crippen LogP contribution in [0.3, 0.4) is 0 Å². The van der Waals surface area contributed by atoms with Gasteiger partial charge in [-0.15, -0.1) is 0 Å². The fourth-order valence-corrected chi connectivity index (χ4v) is 5.61. The van der Waals surface area contributed by atoms with E-state index in [1.165, 1.54) is 0 Å². The van der Waals surface area contributed by atoms with E-state index in [1.54, 1.807) is 18.2 Å². The van der Waals surface area contributed by atoms with Crippen LogP contribution in [0.4, 0.5) is 27.9 Å². The number of amides is 3. The lowest BCUT2D eigenvalue weighted by atomic mass is 9.90. The number of ether oxygens (including phenoxy) is 1. The number of aromatic nitrogens is 2. The first-order valence-electron chi connectivity index (χ1n) is 13.8. The minimum atomic E-state index is -0.187. The maximum Gasteiger partial charge on any atom is 0.330 e. The van der Waals surface area contributed by atoms with Crippen LogP contribution < -0.4 is 19.9 Å². The number of rotatable bonds is 10. The van der Waals surface area contributed by atoms with Gasteiger partial charge in [-0.25, -0.2) is 9.78 Å². The van der Waals surface area contributed by atoms with Gasteiger partial charge in [0, 0.05) is 29.7 Å². The minimum Gasteiger partial charge on any atom is -0.497 e. The third kappa shape index (κ3) is 5.67. The second-order valence-electron chi connectivity index (χ2n) is 10.1. The first-order chi connectivity index (χ1) is 19.1. The van der Waals surface area contributed by atoms with Gasteiger partial charge in [0.1, 0.15) is 11.6 Å². The van der Waals surface area contributed by atoms with E-state index >= 15 is 0 Å². The van der Waals surface area contributed by atoms with E-state index in [0.29, 0.717) is 24.9 Å². The Morgan fingerprint density at radius 2 is 1.90 bits per heavy atom. The van der Waals surface area contributed by atoms with Gasteiger partial charge in [-0.05, 0) is 55.7 Å². The molecule has 0 saturated carbocycles. The summed E-state index contributed by atoms with van der Waals surface area (Å²) in [6.07, 6.45) is 8.41. The van der Waals surface area contributed by atoms with Crippen LogP contribution >= 0.6 is 0 Å². The van der Waals surface area contributed by atoms with Gasteiger partial charge >= 0.3 is 6.03 Å². The number of benzene rings is 2. The minimum absolute atomic E-state index is 0.0732. The van der Waals surface area contributed by atoms with Crippen molar-refractivity contribution >= 4 is 35.6 Å². The van der Waals surface area contributed by atoms with Crippen LogP contribution in [0.25, 0.3) is 0 Å². The molecule has 0 spiro atoms. The van der Waals surface area contributed by atoms with Gasteiger partial charge in [-0.1, -0.05) is 44.4 Å². The van der Waals surface area contributed by atoms with Gasteiger partial charge in [0.25, 0.3) is 0 Å². The molecule has 3 amide bonds. The summed E-state index contributed by atoms with van der Waals surface area (Å²) in [5.41, 5.74) is 2.50. The number of fused-ring (bicyclic) bond motifs is 1. The second kappa shape index (κ2) is 12.1. The molecule has 0 aliphatic carbocycles. The van der Waals surface area contributed by atoms with Crippen LogP contribution in [0.2, 0.25) is 0 Å². The number of nitrogens with zero attached hydrogens (tertiary/aromatic N) is 5. The van der Waals surface area contributed by atoms with E-state index < -0.39 is 0 Å².